The third-order valence-corrected chi connectivity index (χ3v) is 3.48. The van der Waals surface area contributed by atoms with Gasteiger partial charge < -0.3 is 9.72 Å². The van der Waals surface area contributed by atoms with Crippen LogP contribution in [0.1, 0.15) is 16.1 Å². The van der Waals surface area contributed by atoms with E-state index < -0.39 is 0 Å². The fourth-order valence-corrected chi connectivity index (χ4v) is 2.31. The summed E-state index contributed by atoms with van der Waals surface area (Å²) < 4.78 is 5.80. The minimum absolute atomic E-state index is 0.267. The summed E-state index contributed by atoms with van der Waals surface area (Å²) in [5.41, 5.74) is 7.60. The molecule has 0 saturated heterocycles. The van der Waals surface area contributed by atoms with E-state index in [0.29, 0.717) is 12.3 Å². The van der Waals surface area contributed by atoms with Crippen molar-refractivity contribution in [3.8, 4) is 18.1 Å². The molecule has 0 unspecified atom stereocenters. The second-order valence-corrected chi connectivity index (χ2v) is 5.22. The molecule has 0 saturated carbocycles. The average molecular weight is 319 g/mol. The Labute approximate surface area is 140 Å². The fraction of sp³-hybridized carbons (Fsp3) is 0.105. The zero-order valence-corrected chi connectivity index (χ0v) is 13.0. The molecule has 5 nitrogen and oxygen atoms in total. The van der Waals surface area contributed by atoms with Gasteiger partial charge in [0, 0.05) is 10.9 Å². The molecule has 0 aliphatic heterocycles. The van der Waals surface area contributed by atoms with Gasteiger partial charge in [-0.15, -0.1) is 6.42 Å². The summed E-state index contributed by atoms with van der Waals surface area (Å²) in [6.07, 6.45) is 5.12. The van der Waals surface area contributed by atoms with Crippen LogP contribution in [0, 0.1) is 12.3 Å². The van der Waals surface area contributed by atoms with Crippen molar-refractivity contribution >= 4 is 16.8 Å². The summed E-state index contributed by atoms with van der Waals surface area (Å²) in [5, 5.41) is 0.905. The van der Waals surface area contributed by atoms with Crippen molar-refractivity contribution in [3.63, 3.8) is 0 Å². The lowest BCUT2D eigenvalue weighted by Crippen LogP contribution is -2.37. The van der Waals surface area contributed by atoms with Gasteiger partial charge in [0.05, 0.1) is 6.54 Å². The molecule has 2 aromatic carbocycles. The van der Waals surface area contributed by atoms with Crippen LogP contribution in [-0.2, 0) is 6.61 Å². The standard InChI is InChI=1S/C19H17N3O2/c1-2-10-20-22-19(23)18-12-15-11-16(8-9-17(15)21-18)24-13-14-6-4-3-5-7-14/h1,3-9,11-12,20-21H,10,13H2,(H,22,23). The Morgan fingerprint density at radius 2 is 2.00 bits per heavy atom. The van der Waals surface area contributed by atoms with Crippen molar-refractivity contribution < 1.29 is 9.53 Å². The summed E-state index contributed by atoms with van der Waals surface area (Å²) in [6, 6.07) is 17.4. The molecule has 24 heavy (non-hydrogen) atoms. The van der Waals surface area contributed by atoms with E-state index in [1.54, 1.807) is 6.07 Å². The van der Waals surface area contributed by atoms with Gasteiger partial charge in [-0.3, -0.25) is 10.2 Å². The molecule has 0 fully saturated rings. The first-order valence-electron chi connectivity index (χ1n) is 7.52. The smallest absolute Gasteiger partial charge is 0.281 e. The minimum Gasteiger partial charge on any atom is -0.489 e. The number of nitrogens with one attached hydrogen (secondary N) is 3. The summed E-state index contributed by atoms with van der Waals surface area (Å²) in [6.45, 7) is 0.767. The number of fused-ring (bicyclic) bond motifs is 1. The molecule has 0 atom stereocenters. The number of aromatic nitrogens is 1. The van der Waals surface area contributed by atoms with Crippen molar-refractivity contribution in [2.24, 2.45) is 0 Å². The lowest BCUT2D eigenvalue weighted by atomic mass is 10.2. The van der Waals surface area contributed by atoms with Crippen LogP contribution in [0.3, 0.4) is 0 Å². The van der Waals surface area contributed by atoms with E-state index in [9.17, 15) is 4.79 Å². The van der Waals surface area contributed by atoms with Crippen LogP contribution < -0.4 is 15.6 Å². The number of aromatic amines is 1. The number of carbonyl (C=O) groups excluding carboxylic acids is 1. The molecular weight excluding hydrogens is 302 g/mol. The predicted octanol–water partition coefficient (Wildman–Crippen LogP) is 2.61. The van der Waals surface area contributed by atoms with E-state index in [2.05, 4.69) is 21.8 Å². The summed E-state index contributed by atoms with van der Waals surface area (Å²) in [4.78, 5) is 15.0. The van der Waals surface area contributed by atoms with Crippen molar-refractivity contribution in [3.05, 3.63) is 65.9 Å². The zero-order valence-electron chi connectivity index (χ0n) is 13.0. The molecule has 0 aliphatic carbocycles. The van der Waals surface area contributed by atoms with E-state index >= 15 is 0 Å². The summed E-state index contributed by atoms with van der Waals surface area (Å²) in [7, 11) is 0. The highest BCUT2D eigenvalue weighted by molar-refractivity contribution is 5.98. The highest BCUT2D eigenvalue weighted by atomic mass is 16.5. The second kappa shape index (κ2) is 7.36. The number of H-pyrrole nitrogens is 1. The second-order valence-electron chi connectivity index (χ2n) is 5.22. The Hall–Kier alpha value is -3.23. The van der Waals surface area contributed by atoms with Crippen LogP contribution in [0.5, 0.6) is 5.75 Å². The molecule has 3 aromatic rings. The number of carbonyl (C=O) groups is 1. The number of ether oxygens (including phenoxy) is 1. The highest BCUT2D eigenvalue weighted by Gasteiger charge is 2.09. The summed E-state index contributed by atoms with van der Waals surface area (Å²) >= 11 is 0. The van der Waals surface area contributed by atoms with Gasteiger partial charge in [0.25, 0.3) is 5.91 Å². The van der Waals surface area contributed by atoms with Crippen molar-refractivity contribution in [2.45, 2.75) is 6.61 Å². The van der Waals surface area contributed by atoms with Gasteiger partial charge in [-0.25, -0.2) is 5.43 Å². The van der Waals surface area contributed by atoms with Gasteiger partial charge in [-0.2, -0.15) is 0 Å². The van der Waals surface area contributed by atoms with Crippen LogP contribution in [0.15, 0.2) is 54.6 Å². The quantitative estimate of drug-likeness (QED) is 0.372. The Morgan fingerprint density at radius 1 is 1.17 bits per heavy atom. The first kappa shape index (κ1) is 15.7. The van der Waals surface area contributed by atoms with Crippen molar-refractivity contribution in [1.29, 1.82) is 0 Å². The van der Waals surface area contributed by atoms with E-state index in [-0.39, 0.29) is 12.5 Å². The SMILES string of the molecule is C#CCNNC(=O)c1cc2cc(OCc3ccccc3)ccc2[nH]1. The molecule has 5 heteroatoms. The van der Waals surface area contributed by atoms with Crippen LogP contribution >= 0.6 is 0 Å². The lowest BCUT2D eigenvalue weighted by Gasteiger charge is -2.06. The molecule has 0 bridgehead atoms. The molecule has 1 aromatic heterocycles. The maximum Gasteiger partial charge on any atom is 0.281 e. The minimum atomic E-state index is -0.270. The predicted molar refractivity (Wildman–Crippen MR) is 93.4 cm³/mol. The Balaban J connectivity index is 1.69. The topological polar surface area (TPSA) is 66.2 Å². The molecule has 0 spiro atoms. The number of rotatable bonds is 6. The van der Waals surface area contributed by atoms with E-state index in [1.165, 1.54) is 0 Å². The zero-order chi connectivity index (χ0) is 16.8. The molecular formula is C19H17N3O2. The number of benzene rings is 2. The van der Waals surface area contributed by atoms with E-state index in [1.807, 2.05) is 48.5 Å². The molecule has 1 heterocycles. The average Bonchev–Trinajstić information content (AvgIpc) is 3.04. The molecule has 0 radical (unpaired) electrons. The Morgan fingerprint density at radius 3 is 2.79 bits per heavy atom. The molecule has 120 valence electrons. The van der Waals surface area contributed by atoms with Crippen LogP contribution in [0.25, 0.3) is 10.9 Å². The molecule has 1 amide bonds. The van der Waals surface area contributed by atoms with E-state index in [0.717, 1.165) is 22.2 Å². The van der Waals surface area contributed by atoms with Crippen LogP contribution in [-0.4, -0.2) is 17.4 Å². The largest absolute Gasteiger partial charge is 0.489 e. The number of hydrazine groups is 1. The maximum absolute atomic E-state index is 12.0. The third kappa shape index (κ3) is 3.75. The Bertz CT molecular complexity index is 879. The highest BCUT2D eigenvalue weighted by Crippen LogP contribution is 2.22. The van der Waals surface area contributed by atoms with Crippen molar-refractivity contribution in [1.82, 2.24) is 15.8 Å². The van der Waals surface area contributed by atoms with Crippen LogP contribution in [0.2, 0.25) is 0 Å². The first-order valence-corrected chi connectivity index (χ1v) is 7.52. The van der Waals surface area contributed by atoms with Gasteiger partial charge in [0.15, 0.2) is 0 Å². The normalized spacial score (nSPS) is 10.3. The summed E-state index contributed by atoms with van der Waals surface area (Å²) in [5.74, 6) is 2.87. The first-order chi connectivity index (χ1) is 11.8. The van der Waals surface area contributed by atoms with Gasteiger partial charge in [-0.05, 0) is 29.8 Å². The number of hydrogen-bond donors (Lipinski definition) is 3. The number of hydrogen-bond acceptors (Lipinski definition) is 3. The lowest BCUT2D eigenvalue weighted by molar-refractivity contribution is 0.0931. The van der Waals surface area contributed by atoms with E-state index in [4.69, 9.17) is 11.2 Å². The third-order valence-electron chi connectivity index (χ3n) is 3.48. The molecule has 3 N–H and O–H groups in total. The van der Waals surface area contributed by atoms with Crippen LogP contribution in [0.4, 0.5) is 0 Å². The Kier molecular flexibility index (Phi) is 4.80. The van der Waals surface area contributed by atoms with Crippen molar-refractivity contribution in [2.75, 3.05) is 6.54 Å². The number of amides is 1. The fourth-order valence-electron chi connectivity index (χ4n) is 2.31. The maximum atomic E-state index is 12.0. The monoisotopic (exact) mass is 319 g/mol. The van der Waals surface area contributed by atoms with Gasteiger partial charge in [0.1, 0.15) is 18.1 Å². The number of terminal acetylenes is 1. The van der Waals surface area contributed by atoms with Gasteiger partial charge >= 0.3 is 0 Å². The molecule has 3 rings (SSSR count). The van der Waals surface area contributed by atoms with Gasteiger partial charge in [-0.1, -0.05) is 36.3 Å². The van der Waals surface area contributed by atoms with Gasteiger partial charge in [0.2, 0.25) is 0 Å². The molecule has 0 aliphatic rings.